The number of aromatic nitrogens is 1. The zero-order chi connectivity index (χ0) is 17.3. The zero-order valence-electron chi connectivity index (χ0n) is 13.5. The van der Waals surface area contributed by atoms with Gasteiger partial charge in [0.15, 0.2) is 11.5 Å². The molecule has 0 spiro atoms. The van der Waals surface area contributed by atoms with Gasteiger partial charge in [0.25, 0.3) is 5.78 Å². The van der Waals surface area contributed by atoms with Crippen LogP contribution >= 0.6 is 0 Å². The standard InChI is InChI=1S/C19H18N2O3/c1-4-11(2)9-12(3)20-10-15-21-16-18(23)17(22)13-7-5-6-8-14(13)19(16)24-15/h4-8,11,20H,1,3,9-10H2,2H3/t11-/m1/s1. The quantitative estimate of drug-likeness (QED) is 0.650. The fourth-order valence-electron chi connectivity index (χ4n) is 2.63. The molecule has 0 saturated heterocycles. The van der Waals surface area contributed by atoms with Crippen LogP contribution in [0.5, 0.6) is 0 Å². The van der Waals surface area contributed by atoms with Gasteiger partial charge in [-0.3, -0.25) is 9.59 Å². The number of nitrogens with zero attached hydrogens (tertiary/aromatic N) is 1. The van der Waals surface area contributed by atoms with Crippen molar-refractivity contribution in [3.63, 3.8) is 0 Å². The first kappa shape index (κ1) is 15.9. The smallest absolute Gasteiger partial charge is 0.255 e. The SMILES string of the molecule is C=C[C@@H](C)CC(=C)NCc1nc2c(o1)-c1ccccc1C(=O)C2=O. The van der Waals surface area contributed by atoms with Gasteiger partial charge in [-0.15, -0.1) is 6.58 Å². The van der Waals surface area contributed by atoms with E-state index >= 15 is 0 Å². The number of hydrogen-bond donors (Lipinski definition) is 1. The molecule has 1 aliphatic rings. The van der Waals surface area contributed by atoms with Crippen molar-refractivity contribution in [1.29, 1.82) is 0 Å². The Morgan fingerprint density at radius 3 is 2.71 bits per heavy atom. The van der Waals surface area contributed by atoms with E-state index in [2.05, 4.69) is 23.5 Å². The predicted molar refractivity (Wildman–Crippen MR) is 90.6 cm³/mol. The van der Waals surface area contributed by atoms with Crippen molar-refractivity contribution in [2.75, 3.05) is 0 Å². The Hall–Kier alpha value is -2.95. The summed E-state index contributed by atoms with van der Waals surface area (Å²) in [5.74, 6) is -0.149. The number of benzene rings is 1. The van der Waals surface area contributed by atoms with E-state index < -0.39 is 11.6 Å². The summed E-state index contributed by atoms with van der Waals surface area (Å²) in [5, 5.41) is 3.13. The molecule has 24 heavy (non-hydrogen) atoms. The monoisotopic (exact) mass is 322 g/mol. The zero-order valence-corrected chi connectivity index (χ0v) is 13.5. The number of allylic oxidation sites excluding steroid dienone is 2. The number of Topliss-reactive ketones (excluding diaryl/α,β-unsaturated/α-hetero) is 2. The number of ketones is 2. The predicted octanol–water partition coefficient (Wildman–Crippen LogP) is 3.54. The third-order valence-electron chi connectivity index (χ3n) is 3.97. The number of hydrogen-bond acceptors (Lipinski definition) is 5. The minimum atomic E-state index is -0.627. The minimum absolute atomic E-state index is 0.0839. The first-order valence-electron chi connectivity index (χ1n) is 7.73. The van der Waals surface area contributed by atoms with Crippen LogP contribution in [-0.4, -0.2) is 16.6 Å². The van der Waals surface area contributed by atoms with Gasteiger partial charge >= 0.3 is 0 Å². The van der Waals surface area contributed by atoms with Crippen molar-refractivity contribution >= 4 is 11.6 Å². The Kier molecular flexibility index (Phi) is 4.16. The van der Waals surface area contributed by atoms with E-state index in [1.54, 1.807) is 24.3 Å². The lowest BCUT2D eigenvalue weighted by Gasteiger charge is -2.11. The number of carbonyl (C=O) groups is 2. The van der Waals surface area contributed by atoms with E-state index in [1.165, 1.54) is 0 Å². The van der Waals surface area contributed by atoms with E-state index in [0.29, 0.717) is 35.2 Å². The van der Waals surface area contributed by atoms with Crippen molar-refractivity contribution in [1.82, 2.24) is 10.3 Å². The van der Waals surface area contributed by atoms with Crippen molar-refractivity contribution in [3.05, 3.63) is 66.3 Å². The lowest BCUT2D eigenvalue weighted by Crippen LogP contribution is -2.21. The summed E-state index contributed by atoms with van der Waals surface area (Å²) in [7, 11) is 0. The molecule has 0 bridgehead atoms. The summed E-state index contributed by atoms with van der Waals surface area (Å²) in [4.78, 5) is 28.5. The molecule has 3 rings (SSSR count). The number of rotatable bonds is 6. The maximum absolute atomic E-state index is 12.2. The molecule has 0 unspecified atom stereocenters. The van der Waals surface area contributed by atoms with Gasteiger partial charge in [-0.1, -0.05) is 43.8 Å². The molecule has 0 aliphatic heterocycles. The molecule has 0 radical (unpaired) electrons. The van der Waals surface area contributed by atoms with Crippen molar-refractivity contribution in [2.24, 2.45) is 5.92 Å². The second kappa shape index (κ2) is 6.28. The summed E-state index contributed by atoms with van der Waals surface area (Å²) in [6.45, 7) is 10.0. The van der Waals surface area contributed by atoms with Gasteiger partial charge in [-0.2, -0.15) is 0 Å². The van der Waals surface area contributed by atoms with E-state index in [1.807, 2.05) is 13.0 Å². The molecule has 122 valence electrons. The first-order valence-corrected chi connectivity index (χ1v) is 7.73. The molecule has 5 nitrogen and oxygen atoms in total. The Morgan fingerprint density at radius 1 is 1.29 bits per heavy atom. The fraction of sp³-hybridized carbons (Fsp3) is 0.211. The molecular formula is C19H18N2O3. The van der Waals surface area contributed by atoms with Gasteiger partial charge in [-0.05, 0) is 12.3 Å². The number of carbonyl (C=O) groups excluding carboxylic acids is 2. The molecule has 1 heterocycles. The summed E-state index contributed by atoms with van der Waals surface area (Å²) in [6.07, 6.45) is 2.61. The van der Waals surface area contributed by atoms with Crippen LogP contribution in [0.3, 0.4) is 0 Å². The summed E-state index contributed by atoms with van der Waals surface area (Å²) < 4.78 is 5.73. The number of nitrogens with one attached hydrogen (secondary N) is 1. The highest BCUT2D eigenvalue weighted by Crippen LogP contribution is 2.33. The second-order valence-electron chi connectivity index (χ2n) is 5.86. The molecule has 0 saturated carbocycles. The van der Waals surface area contributed by atoms with Gasteiger partial charge in [0, 0.05) is 16.8 Å². The molecule has 0 fully saturated rings. The maximum atomic E-state index is 12.2. The lowest BCUT2D eigenvalue weighted by molar-refractivity contribution is 0.0812. The molecule has 1 atom stereocenters. The first-order chi connectivity index (χ1) is 11.5. The van der Waals surface area contributed by atoms with Crippen LogP contribution in [0.25, 0.3) is 11.3 Å². The summed E-state index contributed by atoms with van der Waals surface area (Å²) >= 11 is 0. The van der Waals surface area contributed by atoms with Crippen LogP contribution in [0.1, 0.15) is 40.1 Å². The molecule has 1 aromatic carbocycles. The van der Waals surface area contributed by atoms with Crippen LogP contribution in [0.2, 0.25) is 0 Å². The van der Waals surface area contributed by atoms with Gasteiger partial charge in [0.05, 0.1) is 6.54 Å². The molecule has 1 N–H and O–H groups in total. The third kappa shape index (κ3) is 2.80. The van der Waals surface area contributed by atoms with Gasteiger partial charge in [-0.25, -0.2) is 4.98 Å². The third-order valence-corrected chi connectivity index (χ3v) is 3.97. The Morgan fingerprint density at radius 2 is 2.00 bits per heavy atom. The normalized spacial score (nSPS) is 13.9. The second-order valence-corrected chi connectivity index (χ2v) is 5.86. The van der Waals surface area contributed by atoms with Crippen molar-refractivity contribution in [2.45, 2.75) is 19.9 Å². The number of fused-ring (bicyclic) bond motifs is 3. The highest BCUT2D eigenvalue weighted by atomic mass is 16.4. The van der Waals surface area contributed by atoms with Crippen molar-refractivity contribution < 1.29 is 14.0 Å². The highest BCUT2D eigenvalue weighted by molar-refractivity contribution is 6.52. The van der Waals surface area contributed by atoms with E-state index in [0.717, 1.165) is 12.1 Å². The molecule has 1 aromatic heterocycles. The van der Waals surface area contributed by atoms with Crippen LogP contribution in [0, 0.1) is 5.92 Å². The van der Waals surface area contributed by atoms with Gasteiger partial charge in [0.1, 0.15) is 0 Å². The van der Waals surface area contributed by atoms with Crippen molar-refractivity contribution in [3.8, 4) is 11.3 Å². The summed E-state index contributed by atoms with van der Waals surface area (Å²) in [6, 6.07) is 6.90. The van der Waals surface area contributed by atoms with Crippen LogP contribution in [-0.2, 0) is 6.54 Å². The number of oxazole rings is 1. The maximum Gasteiger partial charge on any atom is 0.255 e. The average Bonchev–Trinajstić information content (AvgIpc) is 3.02. The van der Waals surface area contributed by atoms with Crippen LogP contribution < -0.4 is 5.32 Å². The van der Waals surface area contributed by atoms with E-state index in [4.69, 9.17) is 4.42 Å². The van der Waals surface area contributed by atoms with Gasteiger partial charge < -0.3 is 9.73 Å². The Balaban J connectivity index is 1.82. The van der Waals surface area contributed by atoms with Gasteiger partial charge in [0.2, 0.25) is 11.7 Å². The van der Waals surface area contributed by atoms with E-state index in [-0.39, 0.29) is 5.69 Å². The molecule has 0 amide bonds. The molecule has 1 aliphatic carbocycles. The molecule has 5 heteroatoms. The van der Waals surface area contributed by atoms with Crippen LogP contribution in [0.4, 0.5) is 0 Å². The minimum Gasteiger partial charge on any atom is -0.438 e. The average molecular weight is 322 g/mol. The largest absolute Gasteiger partial charge is 0.438 e. The Bertz CT molecular complexity index is 848. The fourth-order valence-corrected chi connectivity index (χ4v) is 2.63. The molecule has 2 aromatic rings. The summed E-state index contributed by atoms with van der Waals surface area (Å²) in [5.41, 5.74) is 1.88. The lowest BCUT2D eigenvalue weighted by atomic mass is 9.91. The topological polar surface area (TPSA) is 72.2 Å². The molecular weight excluding hydrogens is 304 g/mol. The highest BCUT2D eigenvalue weighted by Gasteiger charge is 2.35. The van der Waals surface area contributed by atoms with E-state index in [9.17, 15) is 9.59 Å². The van der Waals surface area contributed by atoms with Crippen LogP contribution in [0.15, 0.2) is 53.6 Å². The Labute approximate surface area is 140 Å².